The van der Waals surface area contributed by atoms with Gasteiger partial charge in [0.25, 0.3) is 0 Å². The van der Waals surface area contributed by atoms with Gasteiger partial charge in [0, 0.05) is 5.41 Å². The van der Waals surface area contributed by atoms with Crippen LogP contribution < -0.4 is 0 Å². The summed E-state index contributed by atoms with van der Waals surface area (Å²) in [6.07, 6.45) is 3.78. The number of isocyanates is 2. The molecule has 124 valence electrons. The predicted octanol–water partition coefficient (Wildman–Crippen LogP) is 0.254. The van der Waals surface area contributed by atoms with Crippen LogP contribution >= 0.6 is 0 Å². The Morgan fingerprint density at radius 1 is 0.913 bits per heavy atom. The SMILES string of the molecule is O=C=NCc1ccc(CN=C=O)c(CCC(CO)(CO)CO)c1. The van der Waals surface area contributed by atoms with Crippen molar-refractivity contribution in [2.24, 2.45) is 15.4 Å². The average molecular weight is 320 g/mol. The number of nitrogens with zero attached hydrogens (tertiary/aromatic N) is 2. The molecule has 0 fully saturated rings. The second-order valence-electron chi connectivity index (χ2n) is 5.39. The van der Waals surface area contributed by atoms with E-state index in [-0.39, 0.29) is 32.9 Å². The van der Waals surface area contributed by atoms with Crippen molar-refractivity contribution in [2.45, 2.75) is 25.9 Å². The van der Waals surface area contributed by atoms with Gasteiger partial charge in [-0.15, -0.1) is 0 Å². The smallest absolute Gasteiger partial charge is 0.235 e. The Morgan fingerprint density at radius 3 is 2.09 bits per heavy atom. The second-order valence-corrected chi connectivity index (χ2v) is 5.39. The van der Waals surface area contributed by atoms with Crippen LogP contribution in [-0.2, 0) is 29.1 Å². The Hall–Kier alpha value is -2.14. The molecule has 0 heterocycles. The fourth-order valence-electron chi connectivity index (χ4n) is 2.19. The van der Waals surface area contributed by atoms with Crippen LogP contribution in [0.4, 0.5) is 0 Å². The first-order valence-electron chi connectivity index (χ1n) is 7.15. The van der Waals surface area contributed by atoms with Gasteiger partial charge < -0.3 is 15.3 Å². The second kappa shape index (κ2) is 9.79. The fraction of sp³-hybridized carbons (Fsp3) is 0.500. The summed E-state index contributed by atoms with van der Waals surface area (Å²) in [5.74, 6) is 0. The molecule has 1 aromatic rings. The molecule has 0 bridgehead atoms. The molecule has 0 spiro atoms. The summed E-state index contributed by atoms with van der Waals surface area (Å²) >= 11 is 0. The zero-order chi connectivity index (χ0) is 17.1. The van der Waals surface area contributed by atoms with Gasteiger partial charge in [-0.25, -0.2) is 19.6 Å². The maximum Gasteiger partial charge on any atom is 0.235 e. The summed E-state index contributed by atoms with van der Waals surface area (Å²) in [6.45, 7) is -0.649. The van der Waals surface area contributed by atoms with E-state index in [1.807, 2.05) is 6.07 Å². The molecule has 3 N–H and O–H groups in total. The highest BCUT2D eigenvalue weighted by Gasteiger charge is 2.27. The van der Waals surface area contributed by atoms with Crippen LogP contribution in [-0.4, -0.2) is 47.3 Å². The maximum absolute atomic E-state index is 10.3. The van der Waals surface area contributed by atoms with Crippen LogP contribution in [0.1, 0.15) is 23.1 Å². The van der Waals surface area contributed by atoms with E-state index in [2.05, 4.69) is 9.98 Å². The molecule has 7 nitrogen and oxygen atoms in total. The molecule has 0 saturated carbocycles. The molecule has 0 unspecified atom stereocenters. The molecule has 0 aliphatic carbocycles. The number of aliphatic hydroxyl groups excluding tert-OH is 3. The molecule has 0 aliphatic rings. The van der Waals surface area contributed by atoms with E-state index in [1.165, 1.54) is 12.2 Å². The van der Waals surface area contributed by atoms with E-state index in [0.29, 0.717) is 12.8 Å². The lowest BCUT2D eigenvalue weighted by Crippen LogP contribution is -2.34. The van der Waals surface area contributed by atoms with Crippen molar-refractivity contribution in [2.75, 3.05) is 19.8 Å². The van der Waals surface area contributed by atoms with Crippen molar-refractivity contribution in [1.29, 1.82) is 0 Å². The minimum Gasteiger partial charge on any atom is -0.396 e. The molecule has 0 atom stereocenters. The summed E-state index contributed by atoms with van der Waals surface area (Å²) < 4.78 is 0. The van der Waals surface area contributed by atoms with E-state index in [1.54, 1.807) is 12.1 Å². The normalized spacial score (nSPS) is 10.7. The Kier molecular flexibility index (Phi) is 8.05. The van der Waals surface area contributed by atoms with Crippen LogP contribution in [0.2, 0.25) is 0 Å². The molecule has 0 saturated heterocycles. The third kappa shape index (κ3) is 5.53. The van der Waals surface area contributed by atoms with Crippen molar-refractivity contribution in [1.82, 2.24) is 0 Å². The molecular weight excluding hydrogens is 300 g/mol. The Morgan fingerprint density at radius 2 is 1.52 bits per heavy atom. The summed E-state index contributed by atoms with van der Waals surface area (Å²) in [5.41, 5.74) is 1.48. The van der Waals surface area contributed by atoms with E-state index in [9.17, 15) is 24.9 Å². The van der Waals surface area contributed by atoms with Gasteiger partial charge in [-0.3, -0.25) is 0 Å². The van der Waals surface area contributed by atoms with Crippen molar-refractivity contribution < 1.29 is 24.9 Å². The highest BCUT2D eigenvalue weighted by Crippen LogP contribution is 2.25. The van der Waals surface area contributed by atoms with Crippen LogP contribution in [0.5, 0.6) is 0 Å². The largest absolute Gasteiger partial charge is 0.396 e. The lowest BCUT2D eigenvalue weighted by Gasteiger charge is -2.27. The van der Waals surface area contributed by atoms with E-state index >= 15 is 0 Å². The third-order valence-electron chi connectivity index (χ3n) is 3.84. The lowest BCUT2D eigenvalue weighted by atomic mass is 9.83. The van der Waals surface area contributed by atoms with Crippen molar-refractivity contribution in [3.8, 4) is 0 Å². The van der Waals surface area contributed by atoms with E-state index < -0.39 is 5.41 Å². The van der Waals surface area contributed by atoms with Crippen molar-refractivity contribution in [3.05, 3.63) is 34.9 Å². The zero-order valence-electron chi connectivity index (χ0n) is 12.7. The Bertz CT molecular complexity index is 592. The number of hydrogen-bond donors (Lipinski definition) is 3. The Balaban J connectivity index is 3.02. The summed E-state index contributed by atoms with van der Waals surface area (Å²) in [7, 11) is 0. The quantitative estimate of drug-likeness (QED) is 0.422. The van der Waals surface area contributed by atoms with Gasteiger partial charge in [0.2, 0.25) is 12.2 Å². The summed E-state index contributed by atoms with van der Waals surface area (Å²) in [4.78, 5) is 27.6. The minimum absolute atomic E-state index is 0.167. The topological polar surface area (TPSA) is 120 Å². The number of hydrogen-bond acceptors (Lipinski definition) is 7. The molecular formula is C16H20N2O5. The predicted molar refractivity (Wildman–Crippen MR) is 82.1 cm³/mol. The van der Waals surface area contributed by atoms with Crippen LogP contribution in [0.3, 0.4) is 0 Å². The van der Waals surface area contributed by atoms with E-state index in [4.69, 9.17) is 0 Å². The van der Waals surface area contributed by atoms with E-state index in [0.717, 1.165) is 16.7 Å². The fourth-order valence-corrected chi connectivity index (χ4v) is 2.19. The van der Waals surface area contributed by atoms with Gasteiger partial charge in [0.15, 0.2) is 0 Å². The number of aliphatic hydroxyl groups is 3. The first-order chi connectivity index (χ1) is 11.1. The molecule has 23 heavy (non-hydrogen) atoms. The molecule has 0 aromatic heterocycles. The summed E-state index contributed by atoms with van der Waals surface area (Å²) in [6, 6.07) is 5.38. The van der Waals surface area contributed by atoms with Crippen LogP contribution in [0, 0.1) is 5.41 Å². The van der Waals surface area contributed by atoms with Crippen molar-refractivity contribution >= 4 is 12.2 Å². The molecule has 0 radical (unpaired) electrons. The van der Waals surface area contributed by atoms with Crippen LogP contribution in [0.15, 0.2) is 28.2 Å². The third-order valence-corrected chi connectivity index (χ3v) is 3.84. The van der Waals surface area contributed by atoms with Crippen molar-refractivity contribution in [3.63, 3.8) is 0 Å². The number of benzene rings is 1. The maximum atomic E-state index is 10.3. The number of aliphatic imine (C=N–C) groups is 2. The molecule has 0 aliphatic heterocycles. The average Bonchev–Trinajstić information content (AvgIpc) is 2.60. The zero-order valence-corrected chi connectivity index (χ0v) is 12.7. The monoisotopic (exact) mass is 320 g/mol. The van der Waals surface area contributed by atoms with Gasteiger partial charge in [-0.2, -0.15) is 0 Å². The molecule has 7 heteroatoms. The number of aryl methyl sites for hydroxylation is 1. The standard InChI is InChI=1S/C16H20N2O5/c19-8-16(9-20,10-21)4-3-14-5-13(6-17-11-22)1-2-15(14)7-18-12-23/h1-2,5,19-21H,3-4,6-10H2. The highest BCUT2D eigenvalue weighted by atomic mass is 16.3. The van der Waals surface area contributed by atoms with Gasteiger partial charge in [0.1, 0.15) is 0 Å². The van der Waals surface area contributed by atoms with Crippen LogP contribution in [0.25, 0.3) is 0 Å². The molecule has 1 rings (SSSR count). The van der Waals surface area contributed by atoms with Gasteiger partial charge in [-0.1, -0.05) is 18.2 Å². The Labute approximate surface area is 134 Å². The molecule has 1 aromatic carbocycles. The molecule has 0 amide bonds. The van der Waals surface area contributed by atoms with Gasteiger partial charge >= 0.3 is 0 Å². The van der Waals surface area contributed by atoms with Gasteiger partial charge in [-0.05, 0) is 29.5 Å². The first-order valence-corrected chi connectivity index (χ1v) is 7.15. The first kappa shape index (κ1) is 18.9. The number of rotatable bonds is 10. The highest BCUT2D eigenvalue weighted by molar-refractivity contribution is 5.38. The minimum atomic E-state index is -0.970. The van der Waals surface area contributed by atoms with Gasteiger partial charge in [0.05, 0.1) is 32.9 Å². The summed E-state index contributed by atoms with van der Waals surface area (Å²) in [5, 5.41) is 28.2. The lowest BCUT2D eigenvalue weighted by molar-refractivity contribution is -0.000301. The number of carbonyl (C=O) groups excluding carboxylic acids is 2.